The van der Waals surface area contributed by atoms with E-state index in [-0.39, 0.29) is 5.56 Å². The molecule has 2 rings (SSSR count). The Labute approximate surface area is 104 Å². The first-order valence-corrected chi connectivity index (χ1v) is 5.56. The standard InChI is InChI=1S/C14H13NO3/c1-10-7-8-15(12(16)9-10)13(14(17)18)11-5-3-2-4-6-11/h2-9,13H,1H3,(H,17,18). The highest BCUT2D eigenvalue weighted by Crippen LogP contribution is 2.16. The molecule has 0 saturated heterocycles. The fourth-order valence-electron chi connectivity index (χ4n) is 1.86. The van der Waals surface area contributed by atoms with Crippen molar-refractivity contribution in [2.75, 3.05) is 0 Å². The molecule has 1 heterocycles. The number of pyridine rings is 1. The second kappa shape index (κ2) is 4.87. The quantitative estimate of drug-likeness (QED) is 0.894. The van der Waals surface area contributed by atoms with Crippen LogP contribution >= 0.6 is 0 Å². The molecular weight excluding hydrogens is 230 g/mol. The van der Waals surface area contributed by atoms with Crippen LogP contribution in [-0.4, -0.2) is 15.6 Å². The molecule has 0 amide bonds. The van der Waals surface area contributed by atoms with E-state index in [4.69, 9.17) is 0 Å². The molecule has 2 aromatic rings. The molecule has 1 aromatic heterocycles. The second-order valence-electron chi connectivity index (χ2n) is 4.10. The van der Waals surface area contributed by atoms with Crippen molar-refractivity contribution in [3.05, 3.63) is 70.1 Å². The molecule has 1 N–H and O–H groups in total. The van der Waals surface area contributed by atoms with Crippen molar-refractivity contribution in [1.82, 2.24) is 4.57 Å². The van der Waals surface area contributed by atoms with Gasteiger partial charge in [0.15, 0.2) is 6.04 Å². The number of benzene rings is 1. The zero-order valence-corrected chi connectivity index (χ0v) is 9.91. The average molecular weight is 243 g/mol. The minimum atomic E-state index is -1.05. The van der Waals surface area contributed by atoms with E-state index < -0.39 is 12.0 Å². The number of aromatic nitrogens is 1. The molecule has 0 saturated carbocycles. The lowest BCUT2D eigenvalue weighted by atomic mass is 10.1. The first-order valence-electron chi connectivity index (χ1n) is 5.56. The summed E-state index contributed by atoms with van der Waals surface area (Å²) in [5.41, 5.74) is 1.08. The number of aryl methyl sites for hydroxylation is 1. The van der Waals surface area contributed by atoms with Gasteiger partial charge in [-0.25, -0.2) is 4.79 Å². The number of nitrogens with zero attached hydrogens (tertiary/aromatic N) is 1. The van der Waals surface area contributed by atoms with E-state index in [1.165, 1.54) is 16.8 Å². The van der Waals surface area contributed by atoms with Gasteiger partial charge in [0.1, 0.15) is 0 Å². The van der Waals surface area contributed by atoms with Gasteiger partial charge in [0, 0.05) is 12.3 Å². The van der Waals surface area contributed by atoms with Crippen LogP contribution in [0.5, 0.6) is 0 Å². The van der Waals surface area contributed by atoms with E-state index in [0.29, 0.717) is 5.56 Å². The van der Waals surface area contributed by atoms with E-state index in [2.05, 4.69) is 0 Å². The van der Waals surface area contributed by atoms with Crippen molar-refractivity contribution in [3.63, 3.8) is 0 Å². The minimum absolute atomic E-state index is 0.314. The normalized spacial score (nSPS) is 12.1. The van der Waals surface area contributed by atoms with Crippen LogP contribution in [0.2, 0.25) is 0 Å². The van der Waals surface area contributed by atoms with Crippen LogP contribution in [0.15, 0.2) is 53.5 Å². The zero-order valence-electron chi connectivity index (χ0n) is 9.91. The molecule has 4 nitrogen and oxygen atoms in total. The Balaban J connectivity index is 2.56. The van der Waals surface area contributed by atoms with E-state index in [1.807, 2.05) is 0 Å². The van der Waals surface area contributed by atoms with E-state index in [1.54, 1.807) is 43.3 Å². The van der Waals surface area contributed by atoms with Crippen LogP contribution in [0.4, 0.5) is 0 Å². The molecule has 1 aromatic carbocycles. The Kier molecular flexibility index (Phi) is 3.28. The molecule has 0 radical (unpaired) electrons. The molecule has 1 unspecified atom stereocenters. The number of carbonyl (C=O) groups is 1. The maximum absolute atomic E-state index is 11.9. The van der Waals surface area contributed by atoms with Gasteiger partial charge in [-0.1, -0.05) is 30.3 Å². The zero-order chi connectivity index (χ0) is 13.1. The predicted molar refractivity (Wildman–Crippen MR) is 67.7 cm³/mol. The Hall–Kier alpha value is -2.36. The van der Waals surface area contributed by atoms with Gasteiger partial charge in [-0.15, -0.1) is 0 Å². The number of rotatable bonds is 3. The van der Waals surface area contributed by atoms with Crippen LogP contribution in [0.25, 0.3) is 0 Å². The lowest BCUT2D eigenvalue weighted by Crippen LogP contribution is -2.29. The Morgan fingerprint density at radius 3 is 2.44 bits per heavy atom. The topological polar surface area (TPSA) is 59.3 Å². The van der Waals surface area contributed by atoms with Gasteiger partial charge in [-0.05, 0) is 24.1 Å². The fourth-order valence-corrected chi connectivity index (χ4v) is 1.86. The van der Waals surface area contributed by atoms with Crippen LogP contribution in [0.3, 0.4) is 0 Å². The summed E-state index contributed by atoms with van der Waals surface area (Å²) in [5.74, 6) is -1.05. The molecule has 92 valence electrons. The summed E-state index contributed by atoms with van der Waals surface area (Å²) in [4.78, 5) is 23.2. The highest BCUT2D eigenvalue weighted by atomic mass is 16.4. The van der Waals surface area contributed by atoms with Crippen molar-refractivity contribution >= 4 is 5.97 Å². The van der Waals surface area contributed by atoms with Gasteiger partial charge in [-0.3, -0.25) is 9.36 Å². The molecule has 0 bridgehead atoms. The Morgan fingerprint density at radius 1 is 1.22 bits per heavy atom. The minimum Gasteiger partial charge on any atom is -0.479 e. The van der Waals surface area contributed by atoms with Crippen LogP contribution in [0.1, 0.15) is 17.2 Å². The molecule has 4 heteroatoms. The number of aliphatic carboxylic acids is 1. The smallest absolute Gasteiger partial charge is 0.331 e. The monoisotopic (exact) mass is 243 g/mol. The lowest BCUT2D eigenvalue weighted by molar-refractivity contribution is -0.139. The lowest BCUT2D eigenvalue weighted by Gasteiger charge is -2.16. The molecular formula is C14H13NO3. The SMILES string of the molecule is Cc1ccn(C(C(=O)O)c2ccccc2)c(=O)c1. The van der Waals surface area contributed by atoms with Gasteiger partial charge < -0.3 is 5.11 Å². The molecule has 0 aliphatic rings. The van der Waals surface area contributed by atoms with Crippen molar-refractivity contribution in [3.8, 4) is 0 Å². The summed E-state index contributed by atoms with van der Waals surface area (Å²) in [6, 6.07) is 10.9. The Bertz CT molecular complexity index is 616. The Morgan fingerprint density at radius 2 is 1.89 bits per heavy atom. The fraction of sp³-hybridized carbons (Fsp3) is 0.143. The van der Waals surface area contributed by atoms with Gasteiger partial charge in [-0.2, -0.15) is 0 Å². The predicted octanol–water partition coefficient (Wildman–Crippen LogP) is 1.83. The molecule has 0 aliphatic heterocycles. The number of carboxylic acid groups (broad SMARTS) is 1. The largest absolute Gasteiger partial charge is 0.479 e. The van der Waals surface area contributed by atoms with E-state index in [9.17, 15) is 14.7 Å². The van der Waals surface area contributed by atoms with E-state index in [0.717, 1.165) is 5.56 Å². The summed E-state index contributed by atoms with van der Waals surface area (Å²) in [6.45, 7) is 1.80. The highest BCUT2D eigenvalue weighted by Gasteiger charge is 2.22. The van der Waals surface area contributed by atoms with Crippen LogP contribution in [-0.2, 0) is 4.79 Å². The number of hydrogen-bond donors (Lipinski definition) is 1. The van der Waals surface area contributed by atoms with E-state index >= 15 is 0 Å². The summed E-state index contributed by atoms with van der Waals surface area (Å²) in [6.07, 6.45) is 1.52. The number of hydrogen-bond acceptors (Lipinski definition) is 2. The maximum atomic E-state index is 11.9. The van der Waals surface area contributed by atoms with Gasteiger partial charge in [0.05, 0.1) is 0 Å². The number of carboxylic acids is 1. The third-order valence-electron chi connectivity index (χ3n) is 2.73. The molecule has 1 atom stereocenters. The summed E-state index contributed by atoms with van der Waals surface area (Å²) in [7, 11) is 0. The average Bonchev–Trinajstić information content (AvgIpc) is 2.33. The van der Waals surface area contributed by atoms with Gasteiger partial charge >= 0.3 is 5.97 Å². The van der Waals surface area contributed by atoms with Crippen molar-refractivity contribution in [1.29, 1.82) is 0 Å². The van der Waals surface area contributed by atoms with Crippen molar-refractivity contribution in [2.45, 2.75) is 13.0 Å². The summed E-state index contributed by atoms with van der Waals surface area (Å²) in [5, 5.41) is 9.31. The van der Waals surface area contributed by atoms with Gasteiger partial charge in [0.2, 0.25) is 0 Å². The molecule has 0 fully saturated rings. The summed E-state index contributed by atoms with van der Waals surface area (Å²) < 4.78 is 1.23. The molecule has 0 spiro atoms. The maximum Gasteiger partial charge on any atom is 0.331 e. The summed E-state index contributed by atoms with van der Waals surface area (Å²) >= 11 is 0. The van der Waals surface area contributed by atoms with Crippen molar-refractivity contribution in [2.24, 2.45) is 0 Å². The third kappa shape index (κ3) is 2.32. The first kappa shape index (κ1) is 12.1. The second-order valence-corrected chi connectivity index (χ2v) is 4.10. The van der Waals surface area contributed by atoms with Crippen molar-refractivity contribution < 1.29 is 9.90 Å². The highest BCUT2D eigenvalue weighted by molar-refractivity contribution is 5.76. The first-order chi connectivity index (χ1) is 8.59. The third-order valence-corrected chi connectivity index (χ3v) is 2.73. The molecule has 18 heavy (non-hydrogen) atoms. The van der Waals surface area contributed by atoms with Crippen LogP contribution < -0.4 is 5.56 Å². The van der Waals surface area contributed by atoms with Crippen LogP contribution in [0, 0.1) is 6.92 Å². The van der Waals surface area contributed by atoms with Gasteiger partial charge in [0.25, 0.3) is 5.56 Å². The molecule has 0 aliphatic carbocycles.